The summed E-state index contributed by atoms with van der Waals surface area (Å²) in [5.74, 6) is 0.905. The molecule has 0 saturated heterocycles. The average molecular weight is 254 g/mol. The molecule has 0 aromatic carbocycles. The number of hydrogen-bond donors (Lipinski definition) is 1. The summed E-state index contributed by atoms with van der Waals surface area (Å²) in [6, 6.07) is 0.760. The molecule has 0 radical (unpaired) electrons. The van der Waals surface area contributed by atoms with Gasteiger partial charge in [-0.15, -0.1) is 0 Å². The summed E-state index contributed by atoms with van der Waals surface area (Å²) in [6.07, 6.45) is 8.21. The van der Waals surface area contributed by atoms with Gasteiger partial charge in [0.15, 0.2) is 0 Å². The molecule has 0 aromatic heterocycles. The summed E-state index contributed by atoms with van der Waals surface area (Å²) in [5.41, 5.74) is 0.518. The first-order valence-electron chi connectivity index (χ1n) is 7.91. The lowest BCUT2D eigenvalue weighted by atomic mass is 9.69. The molecule has 1 rings (SSSR count). The third-order valence-corrected chi connectivity index (χ3v) is 4.89. The molecule has 108 valence electrons. The summed E-state index contributed by atoms with van der Waals surface area (Å²) >= 11 is 0. The second-order valence-corrected chi connectivity index (χ2v) is 6.62. The van der Waals surface area contributed by atoms with Gasteiger partial charge in [-0.3, -0.25) is 0 Å². The van der Waals surface area contributed by atoms with Crippen LogP contribution in [-0.2, 0) is 0 Å². The van der Waals surface area contributed by atoms with Crippen molar-refractivity contribution >= 4 is 0 Å². The molecule has 1 aliphatic rings. The van der Waals surface area contributed by atoms with Crippen molar-refractivity contribution in [1.29, 1.82) is 0 Å². The zero-order valence-electron chi connectivity index (χ0n) is 13.3. The van der Waals surface area contributed by atoms with E-state index in [1.807, 2.05) is 0 Å². The highest BCUT2D eigenvalue weighted by Crippen LogP contribution is 2.39. The number of nitrogens with zero attached hydrogens (tertiary/aromatic N) is 1. The standard InChI is InChI=1S/C16H34N2/c1-6-15(7-2)18(5)13-16(12-17-4)10-8-9-14(3)11-16/h14-15,17H,6-13H2,1-5H3. The summed E-state index contributed by atoms with van der Waals surface area (Å²) < 4.78 is 0. The molecule has 1 saturated carbocycles. The Balaban J connectivity index is 2.66. The fourth-order valence-electron chi connectivity index (χ4n) is 4.07. The third kappa shape index (κ3) is 4.24. The van der Waals surface area contributed by atoms with E-state index in [2.05, 4.69) is 45.1 Å². The van der Waals surface area contributed by atoms with Crippen LogP contribution < -0.4 is 5.32 Å². The first kappa shape index (κ1) is 16.0. The van der Waals surface area contributed by atoms with Crippen LogP contribution in [0.3, 0.4) is 0 Å². The first-order chi connectivity index (χ1) is 8.56. The molecule has 2 unspecified atom stereocenters. The highest BCUT2D eigenvalue weighted by molar-refractivity contribution is 4.90. The molecule has 0 aromatic rings. The van der Waals surface area contributed by atoms with Crippen molar-refractivity contribution in [2.24, 2.45) is 11.3 Å². The van der Waals surface area contributed by atoms with Crippen LogP contribution in [0.5, 0.6) is 0 Å². The third-order valence-electron chi connectivity index (χ3n) is 4.89. The van der Waals surface area contributed by atoms with Gasteiger partial charge in [-0.1, -0.05) is 33.6 Å². The molecule has 2 nitrogen and oxygen atoms in total. The van der Waals surface area contributed by atoms with Crippen LogP contribution in [0.25, 0.3) is 0 Å². The topological polar surface area (TPSA) is 15.3 Å². The quantitative estimate of drug-likeness (QED) is 0.748. The van der Waals surface area contributed by atoms with Gasteiger partial charge in [0.1, 0.15) is 0 Å². The normalized spacial score (nSPS) is 29.2. The van der Waals surface area contributed by atoms with Gasteiger partial charge in [0.2, 0.25) is 0 Å². The molecule has 2 heteroatoms. The van der Waals surface area contributed by atoms with Crippen LogP contribution in [0, 0.1) is 11.3 Å². The van der Waals surface area contributed by atoms with Crippen LogP contribution in [-0.4, -0.2) is 38.1 Å². The lowest BCUT2D eigenvalue weighted by Gasteiger charge is -2.44. The van der Waals surface area contributed by atoms with E-state index >= 15 is 0 Å². The molecular weight excluding hydrogens is 220 g/mol. The predicted molar refractivity (Wildman–Crippen MR) is 81.0 cm³/mol. The smallest absolute Gasteiger partial charge is 0.00872 e. The number of hydrogen-bond acceptors (Lipinski definition) is 2. The SMILES string of the molecule is CCC(CC)N(C)CC1(CNC)CCCC(C)C1. The molecule has 0 bridgehead atoms. The van der Waals surface area contributed by atoms with E-state index in [1.165, 1.54) is 51.6 Å². The van der Waals surface area contributed by atoms with Crippen molar-refractivity contribution in [3.8, 4) is 0 Å². The van der Waals surface area contributed by atoms with Gasteiger partial charge >= 0.3 is 0 Å². The zero-order chi connectivity index (χ0) is 13.6. The van der Waals surface area contributed by atoms with Gasteiger partial charge < -0.3 is 10.2 Å². The second kappa shape index (κ2) is 7.49. The van der Waals surface area contributed by atoms with Crippen LogP contribution in [0.1, 0.15) is 59.3 Å². The van der Waals surface area contributed by atoms with E-state index < -0.39 is 0 Å². The van der Waals surface area contributed by atoms with Gasteiger partial charge in [0.05, 0.1) is 0 Å². The Bertz CT molecular complexity index is 221. The van der Waals surface area contributed by atoms with Crippen molar-refractivity contribution in [3.05, 3.63) is 0 Å². The lowest BCUT2D eigenvalue weighted by Crippen LogP contribution is -2.47. The fraction of sp³-hybridized carbons (Fsp3) is 1.00. The second-order valence-electron chi connectivity index (χ2n) is 6.62. The Labute approximate surface area is 115 Å². The maximum atomic E-state index is 3.45. The van der Waals surface area contributed by atoms with Gasteiger partial charge in [-0.05, 0) is 51.1 Å². The average Bonchev–Trinajstić information content (AvgIpc) is 2.30. The minimum absolute atomic E-state index is 0.518. The molecule has 1 fully saturated rings. The molecule has 0 aliphatic heterocycles. The van der Waals surface area contributed by atoms with Crippen molar-refractivity contribution in [2.75, 3.05) is 27.2 Å². The summed E-state index contributed by atoms with van der Waals surface area (Å²) in [6.45, 7) is 9.52. The Kier molecular flexibility index (Phi) is 6.65. The van der Waals surface area contributed by atoms with E-state index in [0.717, 1.165) is 12.0 Å². The predicted octanol–water partition coefficient (Wildman–Crippen LogP) is 3.52. The van der Waals surface area contributed by atoms with Crippen LogP contribution in [0.4, 0.5) is 0 Å². The van der Waals surface area contributed by atoms with Gasteiger partial charge in [-0.2, -0.15) is 0 Å². The Morgan fingerprint density at radius 1 is 1.33 bits per heavy atom. The molecule has 1 aliphatic carbocycles. The van der Waals surface area contributed by atoms with Gasteiger partial charge in [-0.25, -0.2) is 0 Å². The van der Waals surface area contributed by atoms with Crippen molar-refractivity contribution in [2.45, 2.75) is 65.3 Å². The molecular formula is C16H34N2. The van der Waals surface area contributed by atoms with Crippen molar-refractivity contribution < 1.29 is 0 Å². The monoisotopic (exact) mass is 254 g/mol. The molecule has 0 amide bonds. The van der Waals surface area contributed by atoms with E-state index in [4.69, 9.17) is 0 Å². The van der Waals surface area contributed by atoms with Crippen molar-refractivity contribution in [1.82, 2.24) is 10.2 Å². The summed E-state index contributed by atoms with van der Waals surface area (Å²) in [5, 5.41) is 3.45. The molecule has 18 heavy (non-hydrogen) atoms. The molecule has 0 heterocycles. The molecule has 1 N–H and O–H groups in total. The maximum absolute atomic E-state index is 3.45. The highest BCUT2D eigenvalue weighted by atomic mass is 15.1. The van der Waals surface area contributed by atoms with Crippen molar-refractivity contribution in [3.63, 3.8) is 0 Å². The fourth-order valence-corrected chi connectivity index (χ4v) is 4.07. The highest BCUT2D eigenvalue weighted by Gasteiger charge is 2.36. The van der Waals surface area contributed by atoms with Crippen LogP contribution >= 0.6 is 0 Å². The van der Waals surface area contributed by atoms with Gasteiger partial charge in [0.25, 0.3) is 0 Å². The first-order valence-corrected chi connectivity index (χ1v) is 7.91. The van der Waals surface area contributed by atoms with Crippen LogP contribution in [0.15, 0.2) is 0 Å². The van der Waals surface area contributed by atoms with E-state index in [-0.39, 0.29) is 0 Å². The maximum Gasteiger partial charge on any atom is 0.00872 e. The van der Waals surface area contributed by atoms with Crippen LogP contribution in [0.2, 0.25) is 0 Å². The van der Waals surface area contributed by atoms with E-state index in [1.54, 1.807) is 0 Å². The van der Waals surface area contributed by atoms with E-state index in [9.17, 15) is 0 Å². The zero-order valence-corrected chi connectivity index (χ0v) is 13.3. The number of rotatable bonds is 7. The minimum Gasteiger partial charge on any atom is -0.319 e. The largest absolute Gasteiger partial charge is 0.319 e. The van der Waals surface area contributed by atoms with Gasteiger partial charge in [0, 0.05) is 19.1 Å². The Morgan fingerprint density at radius 3 is 2.50 bits per heavy atom. The van der Waals surface area contributed by atoms with E-state index in [0.29, 0.717) is 5.41 Å². The number of nitrogens with one attached hydrogen (secondary N) is 1. The minimum atomic E-state index is 0.518. The lowest BCUT2D eigenvalue weighted by molar-refractivity contribution is 0.0719. The Morgan fingerprint density at radius 2 is 2.00 bits per heavy atom. The molecule has 0 spiro atoms. The molecule has 2 atom stereocenters. The summed E-state index contributed by atoms with van der Waals surface area (Å²) in [7, 11) is 4.44. The summed E-state index contributed by atoms with van der Waals surface area (Å²) in [4.78, 5) is 2.62. The Hall–Kier alpha value is -0.0800.